The molecule has 0 fully saturated rings. The van der Waals surface area contributed by atoms with E-state index in [2.05, 4.69) is 32.2 Å². The lowest BCUT2D eigenvalue weighted by molar-refractivity contribution is -0.128. The number of ether oxygens (including phenoxy) is 1. The Bertz CT molecular complexity index is 1100. The van der Waals surface area contributed by atoms with E-state index < -0.39 is 16.1 Å². The second kappa shape index (κ2) is 7.86. The molecule has 0 aromatic heterocycles. The predicted molar refractivity (Wildman–Crippen MR) is 122 cm³/mol. The van der Waals surface area contributed by atoms with Crippen molar-refractivity contribution in [1.82, 2.24) is 5.32 Å². The summed E-state index contributed by atoms with van der Waals surface area (Å²) in [5, 5.41) is 3.10. The maximum Gasteiger partial charge on any atom is 0.263 e. The molecule has 1 heterocycles. The molecule has 166 valence electrons. The summed E-state index contributed by atoms with van der Waals surface area (Å²) in [6.07, 6.45) is 3.13. The first kappa shape index (κ1) is 21.7. The second-order valence-electron chi connectivity index (χ2n) is 9.49. The minimum Gasteiger partial charge on any atom is -0.476 e. The average molecular weight is 443 g/mol. The van der Waals surface area contributed by atoms with Crippen molar-refractivity contribution >= 4 is 21.6 Å². The van der Waals surface area contributed by atoms with E-state index in [0.717, 1.165) is 36.6 Å². The van der Waals surface area contributed by atoms with E-state index >= 15 is 0 Å². The maximum absolute atomic E-state index is 13.1. The quantitative estimate of drug-likeness (QED) is 0.786. The van der Waals surface area contributed by atoms with Crippen LogP contribution in [-0.2, 0) is 26.7 Å². The number of rotatable bonds is 3. The Hall–Kier alpha value is -2.54. The first-order valence-electron chi connectivity index (χ1n) is 10.7. The van der Waals surface area contributed by atoms with Gasteiger partial charge in [-0.1, -0.05) is 51.1 Å². The Morgan fingerprint density at radius 2 is 1.90 bits per heavy atom. The zero-order valence-corrected chi connectivity index (χ0v) is 19.3. The number of hydrogen-bond donors (Lipinski definition) is 1. The molecule has 0 spiro atoms. The number of hydrogen-bond acceptors (Lipinski definition) is 4. The highest BCUT2D eigenvalue weighted by atomic mass is 32.2. The molecule has 1 aliphatic heterocycles. The SMILES string of the molecule is CC(C)(C)c1ccc2c(c1)N(S(C)(=O)=O)CC(C(=O)NC1CCCc3ccccc31)O2. The van der Waals surface area contributed by atoms with Crippen LogP contribution in [0.5, 0.6) is 5.75 Å². The van der Waals surface area contributed by atoms with E-state index in [4.69, 9.17) is 4.74 Å². The van der Waals surface area contributed by atoms with E-state index in [0.29, 0.717) is 11.4 Å². The minimum atomic E-state index is -3.58. The fraction of sp³-hybridized carbons (Fsp3) is 0.458. The highest BCUT2D eigenvalue weighted by Gasteiger charge is 2.37. The van der Waals surface area contributed by atoms with Crippen LogP contribution in [0, 0.1) is 0 Å². The van der Waals surface area contributed by atoms with Gasteiger partial charge in [0.25, 0.3) is 5.91 Å². The third-order valence-corrected chi connectivity index (χ3v) is 7.22. The van der Waals surface area contributed by atoms with Crippen LogP contribution >= 0.6 is 0 Å². The molecule has 1 aliphatic carbocycles. The van der Waals surface area contributed by atoms with Crippen molar-refractivity contribution in [2.24, 2.45) is 0 Å². The number of anilines is 1. The summed E-state index contributed by atoms with van der Waals surface area (Å²) in [6.45, 7) is 6.17. The number of aryl methyl sites for hydroxylation is 1. The van der Waals surface area contributed by atoms with Gasteiger partial charge < -0.3 is 10.1 Å². The summed E-state index contributed by atoms with van der Waals surface area (Å²) < 4.78 is 32.4. The molecule has 0 radical (unpaired) electrons. The Morgan fingerprint density at radius 1 is 1.16 bits per heavy atom. The lowest BCUT2D eigenvalue weighted by atomic mass is 9.86. The summed E-state index contributed by atoms with van der Waals surface area (Å²) in [5.74, 6) is 0.120. The Morgan fingerprint density at radius 3 is 2.61 bits per heavy atom. The summed E-state index contributed by atoms with van der Waals surface area (Å²) in [5.41, 5.74) is 3.74. The number of carbonyl (C=O) groups excluding carboxylic acids is 1. The summed E-state index contributed by atoms with van der Waals surface area (Å²) in [4.78, 5) is 13.1. The second-order valence-corrected chi connectivity index (χ2v) is 11.4. The Kier molecular flexibility index (Phi) is 5.50. The predicted octanol–water partition coefficient (Wildman–Crippen LogP) is 3.70. The summed E-state index contributed by atoms with van der Waals surface area (Å²) in [7, 11) is -3.58. The van der Waals surface area contributed by atoms with Gasteiger partial charge in [0.05, 0.1) is 24.5 Å². The van der Waals surface area contributed by atoms with Crippen molar-refractivity contribution < 1.29 is 17.9 Å². The van der Waals surface area contributed by atoms with Gasteiger partial charge in [0.15, 0.2) is 6.10 Å². The van der Waals surface area contributed by atoms with E-state index in [-0.39, 0.29) is 23.9 Å². The number of nitrogens with zero attached hydrogens (tertiary/aromatic N) is 1. The minimum absolute atomic E-state index is 0.0420. The first-order chi connectivity index (χ1) is 14.5. The van der Waals surface area contributed by atoms with Gasteiger partial charge in [0, 0.05) is 0 Å². The fourth-order valence-corrected chi connectivity index (χ4v) is 5.24. The lowest BCUT2D eigenvalue weighted by Crippen LogP contribution is -2.51. The monoisotopic (exact) mass is 442 g/mol. The largest absolute Gasteiger partial charge is 0.476 e. The van der Waals surface area contributed by atoms with Crippen molar-refractivity contribution in [1.29, 1.82) is 0 Å². The molecule has 1 amide bonds. The van der Waals surface area contributed by atoms with Gasteiger partial charge in [-0.2, -0.15) is 0 Å². The molecule has 0 bridgehead atoms. The molecule has 6 nitrogen and oxygen atoms in total. The molecule has 2 atom stereocenters. The van der Waals surface area contributed by atoms with Gasteiger partial charge in [0.2, 0.25) is 10.0 Å². The Labute approximate surface area is 184 Å². The summed E-state index contributed by atoms with van der Waals surface area (Å²) in [6, 6.07) is 13.6. The highest BCUT2D eigenvalue weighted by molar-refractivity contribution is 7.92. The number of benzene rings is 2. The first-order valence-corrected chi connectivity index (χ1v) is 12.6. The third kappa shape index (κ3) is 4.42. The highest BCUT2D eigenvalue weighted by Crippen LogP contribution is 2.39. The zero-order chi connectivity index (χ0) is 22.4. The van der Waals surface area contributed by atoms with Gasteiger partial charge in [-0.05, 0) is 53.5 Å². The molecule has 2 aromatic rings. The normalized spacial score (nSPS) is 21.0. The number of nitrogens with one attached hydrogen (secondary N) is 1. The molecule has 1 N–H and O–H groups in total. The lowest BCUT2D eigenvalue weighted by Gasteiger charge is -2.36. The van der Waals surface area contributed by atoms with Crippen molar-refractivity contribution in [2.45, 2.75) is 57.6 Å². The topological polar surface area (TPSA) is 75.7 Å². The molecule has 31 heavy (non-hydrogen) atoms. The molecule has 7 heteroatoms. The molecule has 2 aliphatic rings. The van der Waals surface area contributed by atoms with Crippen molar-refractivity contribution in [2.75, 3.05) is 17.1 Å². The smallest absolute Gasteiger partial charge is 0.263 e. The fourth-order valence-electron chi connectivity index (χ4n) is 4.34. The number of fused-ring (bicyclic) bond motifs is 2. The van der Waals surface area contributed by atoms with Crippen LogP contribution in [0.2, 0.25) is 0 Å². The molecule has 2 unspecified atom stereocenters. The van der Waals surface area contributed by atoms with Gasteiger partial charge in [0.1, 0.15) is 5.75 Å². The molecule has 4 rings (SSSR count). The standard InChI is InChI=1S/C24H30N2O4S/c1-24(2,3)17-12-13-21-20(14-17)26(31(4,28)29)15-22(30-21)23(27)25-19-11-7-9-16-8-5-6-10-18(16)19/h5-6,8,10,12-14,19,22H,7,9,11,15H2,1-4H3,(H,25,27). The maximum atomic E-state index is 13.1. The van der Waals surface area contributed by atoms with E-state index in [1.807, 2.05) is 30.3 Å². The zero-order valence-electron chi connectivity index (χ0n) is 18.5. The van der Waals surface area contributed by atoms with E-state index in [9.17, 15) is 13.2 Å². The Balaban J connectivity index is 1.61. The number of amides is 1. The van der Waals surface area contributed by atoms with Crippen molar-refractivity contribution in [3.63, 3.8) is 0 Å². The van der Waals surface area contributed by atoms with E-state index in [1.54, 1.807) is 6.07 Å². The van der Waals surface area contributed by atoms with Gasteiger partial charge in [-0.15, -0.1) is 0 Å². The van der Waals surface area contributed by atoms with E-state index in [1.165, 1.54) is 9.87 Å². The molecule has 2 aromatic carbocycles. The molecular formula is C24H30N2O4S. The average Bonchev–Trinajstić information content (AvgIpc) is 2.71. The molecule has 0 saturated carbocycles. The molecule has 0 saturated heterocycles. The van der Waals surface area contributed by atoms with Crippen LogP contribution in [0.15, 0.2) is 42.5 Å². The summed E-state index contributed by atoms with van der Waals surface area (Å²) >= 11 is 0. The van der Waals surface area contributed by atoms with Crippen molar-refractivity contribution in [3.05, 3.63) is 59.2 Å². The number of carbonyl (C=O) groups is 1. The van der Waals surface area contributed by atoms with Gasteiger partial charge >= 0.3 is 0 Å². The van der Waals surface area contributed by atoms with Crippen LogP contribution in [0.25, 0.3) is 0 Å². The van der Waals surface area contributed by atoms with Crippen LogP contribution in [0.4, 0.5) is 5.69 Å². The van der Waals surface area contributed by atoms with Crippen molar-refractivity contribution in [3.8, 4) is 5.75 Å². The molecular weight excluding hydrogens is 412 g/mol. The van der Waals surface area contributed by atoms with Gasteiger partial charge in [-0.25, -0.2) is 8.42 Å². The van der Waals surface area contributed by atoms with Crippen LogP contribution < -0.4 is 14.4 Å². The van der Waals surface area contributed by atoms with Crippen LogP contribution in [0.3, 0.4) is 0 Å². The van der Waals surface area contributed by atoms with Crippen LogP contribution in [0.1, 0.15) is 56.3 Å². The van der Waals surface area contributed by atoms with Gasteiger partial charge in [-0.3, -0.25) is 9.10 Å². The number of sulfonamides is 1. The third-order valence-electron chi connectivity index (χ3n) is 6.07. The van der Waals surface area contributed by atoms with Crippen LogP contribution in [-0.4, -0.2) is 33.2 Å².